The Morgan fingerprint density at radius 2 is 1.79 bits per heavy atom. The molecule has 0 spiro atoms. The average Bonchev–Trinajstić information content (AvgIpc) is 2.59. The SMILES string of the molecule is NCc1ccc2cccc(NSc3ccccc3C(F)(F)F)c2n1. The van der Waals surface area contributed by atoms with Crippen LogP contribution in [0.2, 0.25) is 0 Å². The van der Waals surface area contributed by atoms with Gasteiger partial charge in [-0.2, -0.15) is 13.2 Å². The number of alkyl halides is 3. The largest absolute Gasteiger partial charge is 0.417 e. The maximum Gasteiger partial charge on any atom is 0.417 e. The molecule has 0 bridgehead atoms. The molecule has 0 aliphatic carbocycles. The van der Waals surface area contributed by atoms with Crippen LogP contribution in [0.3, 0.4) is 0 Å². The van der Waals surface area contributed by atoms with E-state index < -0.39 is 11.7 Å². The van der Waals surface area contributed by atoms with Crippen molar-refractivity contribution in [3.8, 4) is 0 Å². The van der Waals surface area contributed by atoms with Gasteiger partial charge in [-0.15, -0.1) is 0 Å². The molecule has 1 heterocycles. The maximum atomic E-state index is 13.1. The number of nitrogens with two attached hydrogens (primary N) is 1. The fourth-order valence-electron chi connectivity index (χ4n) is 2.28. The first-order chi connectivity index (χ1) is 11.5. The predicted octanol–water partition coefficient (Wildman–Crippen LogP) is 4.83. The van der Waals surface area contributed by atoms with Gasteiger partial charge in [0.1, 0.15) is 0 Å². The molecule has 0 atom stereocenters. The Hall–Kier alpha value is -2.25. The van der Waals surface area contributed by atoms with Crippen LogP contribution in [-0.2, 0) is 12.7 Å². The summed E-state index contributed by atoms with van der Waals surface area (Å²) in [5.74, 6) is 0. The zero-order chi connectivity index (χ0) is 17.2. The monoisotopic (exact) mass is 349 g/mol. The zero-order valence-electron chi connectivity index (χ0n) is 12.5. The van der Waals surface area contributed by atoms with E-state index in [1.54, 1.807) is 12.1 Å². The number of nitrogens with zero attached hydrogens (tertiary/aromatic N) is 1. The summed E-state index contributed by atoms with van der Waals surface area (Å²) in [7, 11) is 0. The van der Waals surface area contributed by atoms with Gasteiger partial charge in [-0.25, -0.2) is 4.98 Å². The van der Waals surface area contributed by atoms with E-state index in [-0.39, 0.29) is 4.90 Å². The summed E-state index contributed by atoms with van der Waals surface area (Å²) in [6, 6.07) is 14.7. The first-order valence-corrected chi connectivity index (χ1v) is 7.98. The van der Waals surface area contributed by atoms with E-state index in [2.05, 4.69) is 9.71 Å². The lowest BCUT2D eigenvalue weighted by molar-refractivity contribution is -0.139. The molecule has 7 heteroatoms. The van der Waals surface area contributed by atoms with Crippen molar-refractivity contribution in [1.82, 2.24) is 4.98 Å². The average molecular weight is 349 g/mol. The second-order valence-corrected chi connectivity index (χ2v) is 5.93. The summed E-state index contributed by atoms with van der Waals surface area (Å²) in [5.41, 5.74) is 6.98. The number of aromatic nitrogens is 1. The van der Waals surface area contributed by atoms with Crippen molar-refractivity contribution in [1.29, 1.82) is 0 Å². The Bertz CT molecular complexity index is 865. The molecule has 0 amide bonds. The third kappa shape index (κ3) is 3.47. The molecule has 24 heavy (non-hydrogen) atoms. The topological polar surface area (TPSA) is 50.9 Å². The summed E-state index contributed by atoms with van der Waals surface area (Å²) in [5, 5.41) is 0.891. The number of hydrogen-bond donors (Lipinski definition) is 2. The molecular weight excluding hydrogens is 335 g/mol. The number of benzene rings is 2. The Morgan fingerprint density at radius 1 is 1.00 bits per heavy atom. The van der Waals surface area contributed by atoms with Crippen LogP contribution in [-0.4, -0.2) is 4.98 Å². The smallest absolute Gasteiger partial charge is 0.325 e. The Kier molecular flexibility index (Phi) is 4.64. The van der Waals surface area contributed by atoms with Crippen LogP contribution in [0.15, 0.2) is 59.5 Å². The van der Waals surface area contributed by atoms with Gasteiger partial charge in [0.15, 0.2) is 0 Å². The quantitative estimate of drug-likeness (QED) is 0.662. The molecule has 3 N–H and O–H groups in total. The van der Waals surface area contributed by atoms with Crippen LogP contribution in [0, 0.1) is 0 Å². The third-order valence-electron chi connectivity index (χ3n) is 3.45. The molecule has 0 radical (unpaired) electrons. The number of anilines is 1. The van der Waals surface area contributed by atoms with Gasteiger partial charge in [-0.05, 0) is 36.2 Å². The molecule has 0 fully saturated rings. The van der Waals surface area contributed by atoms with Gasteiger partial charge in [0.25, 0.3) is 0 Å². The van der Waals surface area contributed by atoms with E-state index in [0.717, 1.165) is 29.1 Å². The highest BCUT2D eigenvalue weighted by molar-refractivity contribution is 8.00. The molecule has 3 aromatic rings. The Morgan fingerprint density at radius 3 is 2.54 bits per heavy atom. The predicted molar refractivity (Wildman–Crippen MR) is 90.6 cm³/mol. The van der Waals surface area contributed by atoms with E-state index in [9.17, 15) is 13.2 Å². The van der Waals surface area contributed by atoms with E-state index in [0.29, 0.717) is 17.7 Å². The number of fused-ring (bicyclic) bond motifs is 1. The molecule has 0 saturated heterocycles. The van der Waals surface area contributed by atoms with Crippen LogP contribution in [0.1, 0.15) is 11.3 Å². The number of hydrogen-bond acceptors (Lipinski definition) is 4. The van der Waals surface area contributed by atoms with E-state index in [4.69, 9.17) is 5.73 Å². The Labute approximate surface area is 141 Å². The number of rotatable bonds is 4. The normalized spacial score (nSPS) is 11.7. The molecular formula is C17H14F3N3S. The molecule has 3 nitrogen and oxygen atoms in total. The lowest BCUT2D eigenvalue weighted by Crippen LogP contribution is -2.07. The molecule has 0 unspecified atom stereocenters. The van der Waals surface area contributed by atoms with E-state index in [1.807, 2.05) is 24.3 Å². The lowest BCUT2D eigenvalue weighted by atomic mass is 10.2. The summed E-state index contributed by atoms with van der Waals surface area (Å²) < 4.78 is 42.2. The van der Waals surface area contributed by atoms with Crippen LogP contribution in [0.4, 0.5) is 18.9 Å². The van der Waals surface area contributed by atoms with Crippen molar-refractivity contribution in [2.75, 3.05) is 4.72 Å². The van der Waals surface area contributed by atoms with Gasteiger partial charge in [0, 0.05) is 16.8 Å². The maximum absolute atomic E-state index is 13.1. The van der Waals surface area contributed by atoms with Gasteiger partial charge < -0.3 is 10.5 Å². The highest BCUT2D eigenvalue weighted by Crippen LogP contribution is 2.37. The van der Waals surface area contributed by atoms with Gasteiger partial charge in [-0.3, -0.25) is 0 Å². The summed E-state index contributed by atoms with van der Waals surface area (Å²) >= 11 is 0.914. The molecule has 0 aliphatic rings. The molecule has 2 aromatic carbocycles. The second-order valence-electron chi connectivity index (χ2n) is 5.08. The molecule has 0 saturated carbocycles. The van der Waals surface area contributed by atoms with Crippen LogP contribution >= 0.6 is 11.9 Å². The fourth-order valence-corrected chi connectivity index (χ4v) is 3.11. The third-order valence-corrected chi connectivity index (χ3v) is 4.35. The zero-order valence-corrected chi connectivity index (χ0v) is 13.3. The summed E-state index contributed by atoms with van der Waals surface area (Å²) in [6.07, 6.45) is -4.39. The van der Waals surface area contributed by atoms with Crippen molar-refractivity contribution in [3.63, 3.8) is 0 Å². The summed E-state index contributed by atoms with van der Waals surface area (Å²) in [6.45, 7) is 0.300. The number of para-hydroxylation sites is 1. The van der Waals surface area contributed by atoms with E-state index in [1.165, 1.54) is 12.1 Å². The molecule has 3 rings (SSSR count). The number of halogens is 3. The van der Waals surface area contributed by atoms with Crippen LogP contribution < -0.4 is 10.5 Å². The molecule has 0 aliphatic heterocycles. The van der Waals surface area contributed by atoms with Crippen LogP contribution in [0.5, 0.6) is 0 Å². The molecule has 1 aromatic heterocycles. The first-order valence-electron chi connectivity index (χ1n) is 7.17. The molecule has 124 valence electrons. The number of nitrogens with one attached hydrogen (secondary N) is 1. The standard InChI is InChI=1S/C17H14F3N3S/c18-17(19,20)13-5-1-2-7-15(13)24-23-14-6-3-4-11-8-9-12(10-21)22-16(11)14/h1-9,23H,10,21H2. The lowest BCUT2D eigenvalue weighted by Gasteiger charge is -2.13. The van der Waals surface area contributed by atoms with Crippen LogP contribution in [0.25, 0.3) is 10.9 Å². The van der Waals surface area contributed by atoms with Crippen molar-refractivity contribution in [2.24, 2.45) is 5.73 Å². The highest BCUT2D eigenvalue weighted by atomic mass is 32.2. The minimum atomic E-state index is -4.39. The van der Waals surface area contributed by atoms with Crippen molar-refractivity contribution < 1.29 is 13.2 Å². The van der Waals surface area contributed by atoms with Crippen molar-refractivity contribution in [2.45, 2.75) is 17.6 Å². The Balaban J connectivity index is 1.92. The van der Waals surface area contributed by atoms with E-state index >= 15 is 0 Å². The first kappa shape index (κ1) is 16.6. The van der Waals surface area contributed by atoms with Crippen molar-refractivity contribution in [3.05, 3.63) is 65.9 Å². The highest BCUT2D eigenvalue weighted by Gasteiger charge is 2.33. The van der Waals surface area contributed by atoms with Gasteiger partial charge in [0.05, 0.1) is 22.5 Å². The van der Waals surface area contributed by atoms with Gasteiger partial charge >= 0.3 is 6.18 Å². The fraction of sp³-hybridized carbons (Fsp3) is 0.118. The second kappa shape index (κ2) is 6.70. The minimum Gasteiger partial charge on any atom is -0.325 e. The summed E-state index contributed by atoms with van der Waals surface area (Å²) in [4.78, 5) is 4.56. The minimum absolute atomic E-state index is 0.108. The van der Waals surface area contributed by atoms with Crippen molar-refractivity contribution >= 4 is 28.5 Å². The van der Waals surface area contributed by atoms with Gasteiger partial charge in [-0.1, -0.05) is 30.3 Å². The van der Waals surface area contributed by atoms with Gasteiger partial charge in [0.2, 0.25) is 0 Å². The number of pyridine rings is 1.